The van der Waals surface area contributed by atoms with Gasteiger partial charge in [-0.2, -0.15) is 0 Å². The average Bonchev–Trinajstić information content (AvgIpc) is 3.26. The van der Waals surface area contributed by atoms with E-state index in [2.05, 4.69) is 31.7 Å². The molecule has 3 aromatic rings. The molecule has 2 aromatic heterocycles. The number of aryl methyl sites for hydroxylation is 2. The van der Waals surface area contributed by atoms with E-state index in [-0.39, 0.29) is 11.9 Å². The Morgan fingerprint density at radius 3 is 2.65 bits per heavy atom. The number of carbonyl (C=O) groups is 1. The number of benzene rings is 1. The fourth-order valence-electron chi connectivity index (χ4n) is 4.48. The first kappa shape index (κ1) is 21.2. The predicted octanol–water partition coefficient (Wildman–Crippen LogP) is 3.99. The van der Waals surface area contributed by atoms with Crippen molar-refractivity contribution in [2.24, 2.45) is 5.92 Å². The third kappa shape index (κ3) is 5.02. The smallest absolute Gasteiger partial charge is 0.252 e. The second-order valence-corrected chi connectivity index (χ2v) is 8.31. The minimum Gasteiger partial charge on any atom is -0.343 e. The fourth-order valence-corrected chi connectivity index (χ4v) is 4.48. The topological polar surface area (TPSA) is 63.1 Å². The SMILES string of the molecule is CCn1cncc1CN1CCC(C(NC(=O)c2ccccc2C)c2ccccn2)CC1. The minimum absolute atomic E-state index is 0.0250. The molecule has 1 atom stereocenters. The van der Waals surface area contributed by atoms with Crippen LogP contribution in [0, 0.1) is 12.8 Å². The van der Waals surface area contributed by atoms with E-state index in [4.69, 9.17) is 0 Å². The molecule has 3 heterocycles. The maximum atomic E-state index is 13.1. The zero-order valence-corrected chi connectivity index (χ0v) is 18.4. The number of nitrogens with zero attached hydrogens (tertiary/aromatic N) is 4. The van der Waals surface area contributed by atoms with Crippen LogP contribution in [-0.4, -0.2) is 38.4 Å². The average molecular weight is 418 g/mol. The highest BCUT2D eigenvalue weighted by molar-refractivity contribution is 5.95. The number of piperidine rings is 1. The number of rotatable bonds is 7. The van der Waals surface area contributed by atoms with E-state index in [1.54, 1.807) is 0 Å². The molecule has 0 bridgehead atoms. The highest BCUT2D eigenvalue weighted by Gasteiger charge is 2.30. The van der Waals surface area contributed by atoms with Crippen molar-refractivity contribution in [2.45, 2.75) is 45.8 Å². The van der Waals surface area contributed by atoms with Crippen LogP contribution >= 0.6 is 0 Å². The van der Waals surface area contributed by atoms with E-state index in [1.807, 2.05) is 68.1 Å². The van der Waals surface area contributed by atoms with Crippen LogP contribution in [0.5, 0.6) is 0 Å². The van der Waals surface area contributed by atoms with E-state index in [1.165, 1.54) is 5.69 Å². The van der Waals surface area contributed by atoms with E-state index < -0.39 is 0 Å². The number of aromatic nitrogens is 3. The van der Waals surface area contributed by atoms with Gasteiger partial charge in [0.15, 0.2) is 0 Å². The Bertz CT molecular complexity index is 992. The maximum absolute atomic E-state index is 13.1. The van der Waals surface area contributed by atoms with Crippen molar-refractivity contribution in [3.63, 3.8) is 0 Å². The van der Waals surface area contributed by atoms with Gasteiger partial charge in [-0.15, -0.1) is 0 Å². The second-order valence-electron chi connectivity index (χ2n) is 8.31. The summed E-state index contributed by atoms with van der Waals surface area (Å²) in [7, 11) is 0. The number of imidazole rings is 1. The van der Waals surface area contributed by atoms with Crippen molar-refractivity contribution in [3.8, 4) is 0 Å². The Kier molecular flexibility index (Phi) is 6.77. The Morgan fingerprint density at radius 1 is 1.16 bits per heavy atom. The third-order valence-corrected chi connectivity index (χ3v) is 6.31. The molecule has 1 aliphatic heterocycles. The highest BCUT2D eigenvalue weighted by Crippen LogP contribution is 2.31. The lowest BCUT2D eigenvalue weighted by Gasteiger charge is -2.36. The molecule has 0 saturated carbocycles. The van der Waals surface area contributed by atoms with Crippen molar-refractivity contribution in [3.05, 3.63) is 83.7 Å². The summed E-state index contributed by atoms with van der Waals surface area (Å²) in [6.07, 6.45) is 7.73. The summed E-state index contributed by atoms with van der Waals surface area (Å²) in [4.78, 5) is 24.4. The van der Waals surface area contributed by atoms with Gasteiger partial charge in [0, 0.05) is 31.0 Å². The first-order valence-electron chi connectivity index (χ1n) is 11.1. The molecule has 1 amide bonds. The van der Waals surface area contributed by atoms with Crippen molar-refractivity contribution in [1.82, 2.24) is 24.8 Å². The summed E-state index contributed by atoms with van der Waals surface area (Å²) in [5, 5.41) is 3.30. The molecule has 4 rings (SSSR count). The largest absolute Gasteiger partial charge is 0.343 e. The number of pyridine rings is 1. The van der Waals surface area contributed by atoms with Crippen molar-refractivity contribution >= 4 is 5.91 Å². The summed E-state index contributed by atoms with van der Waals surface area (Å²) < 4.78 is 2.20. The van der Waals surface area contributed by atoms with Crippen LogP contribution in [0.1, 0.15) is 53.1 Å². The fraction of sp³-hybridized carbons (Fsp3) is 0.400. The lowest BCUT2D eigenvalue weighted by molar-refractivity contribution is 0.0886. The van der Waals surface area contributed by atoms with E-state index in [0.717, 1.165) is 55.8 Å². The third-order valence-electron chi connectivity index (χ3n) is 6.31. The lowest BCUT2D eigenvalue weighted by atomic mass is 9.87. The molecular formula is C25H31N5O. The van der Waals surface area contributed by atoms with Crippen LogP contribution in [0.4, 0.5) is 0 Å². The van der Waals surface area contributed by atoms with Crippen LogP contribution in [0.2, 0.25) is 0 Å². The van der Waals surface area contributed by atoms with E-state index in [9.17, 15) is 4.79 Å². The Balaban J connectivity index is 1.46. The molecule has 6 nitrogen and oxygen atoms in total. The van der Waals surface area contributed by atoms with E-state index >= 15 is 0 Å². The minimum atomic E-state index is -0.0865. The monoisotopic (exact) mass is 417 g/mol. The van der Waals surface area contributed by atoms with Gasteiger partial charge in [-0.1, -0.05) is 24.3 Å². The van der Waals surface area contributed by atoms with Crippen molar-refractivity contribution in [2.75, 3.05) is 13.1 Å². The number of carbonyl (C=O) groups excluding carboxylic acids is 1. The number of nitrogens with one attached hydrogen (secondary N) is 1. The zero-order valence-electron chi connectivity index (χ0n) is 18.4. The summed E-state index contributed by atoms with van der Waals surface area (Å²) in [5.41, 5.74) is 3.91. The Morgan fingerprint density at radius 2 is 1.94 bits per heavy atom. The summed E-state index contributed by atoms with van der Waals surface area (Å²) in [6.45, 7) is 7.99. The van der Waals surface area contributed by atoms with Gasteiger partial charge in [0.2, 0.25) is 0 Å². The molecule has 0 spiro atoms. The van der Waals surface area contributed by atoms with E-state index in [0.29, 0.717) is 5.92 Å². The molecule has 0 aliphatic carbocycles. The number of hydrogen-bond acceptors (Lipinski definition) is 4. The maximum Gasteiger partial charge on any atom is 0.252 e. The van der Waals surface area contributed by atoms with Gasteiger partial charge in [-0.25, -0.2) is 4.98 Å². The van der Waals surface area contributed by atoms with Gasteiger partial charge in [0.25, 0.3) is 5.91 Å². The molecule has 1 aliphatic rings. The van der Waals surface area contributed by atoms with Crippen molar-refractivity contribution < 1.29 is 4.79 Å². The number of likely N-dealkylation sites (tertiary alicyclic amines) is 1. The van der Waals surface area contributed by atoms with Gasteiger partial charge in [0.05, 0.1) is 23.8 Å². The predicted molar refractivity (Wildman–Crippen MR) is 122 cm³/mol. The number of hydrogen-bond donors (Lipinski definition) is 1. The van der Waals surface area contributed by atoms with Crippen LogP contribution < -0.4 is 5.32 Å². The molecule has 1 unspecified atom stereocenters. The molecule has 162 valence electrons. The summed E-state index contributed by atoms with van der Waals surface area (Å²) in [5.74, 6) is 0.332. The molecule has 1 aromatic carbocycles. The van der Waals surface area contributed by atoms with Crippen LogP contribution in [0.25, 0.3) is 0 Å². The quantitative estimate of drug-likeness (QED) is 0.631. The molecule has 0 radical (unpaired) electrons. The van der Waals surface area contributed by atoms with Gasteiger partial charge in [-0.3, -0.25) is 14.7 Å². The first-order valence-corrected chi connectivity index (χ1v) is 11.1. The van der Waals surface area contributed by atoms with Gasteiger partial charge in [-0.05, 0) is 69.5 Å². The number of amides is 1. The molecule has 1 N–H and O–H groups in total. The highest BCUT2D eigenvalue weighted by atomic mass is 16.1. The Labute approximate surface area is 184 Å². The molecule has 1 fully saturated rings. The Hall–Kier alpha value is -2.99. The summed E-state index contributed by atoms with van der Waals surface area (Å²) in [6, 6.07) is 13.6. The molecule has 31 heavy (non-hydrogen) atoms. The van der Waals surface area contributed by atoms with Gasteiger partial charge < -0.3 is 9.88 Å². The normalized spacial score (nSPS) is 16.2. The lowest BCUT2D eigenvalue weighted by Crippen LogP contribution is -2.41. The van der Waals surface area contributed by atoms with Crippen LogP contribution in [-0.2, 0) is 13.1 Å². The van der Waals surface area contributed by atoms with Crippen LogP contribution in [0.15, 0.2) is 61.2 Å². The first-order chi connectivity index (χ1) is 15.2. The zero-order chi connectivity index (χ0) is 21.6. The standard InChI is InChI=1S/C25H31N5O/c1-3-30-18-26-16-21(30)17-29-14-11-20(12-15-29)24(23-10-6-7-13-27-23)28-25(31)22-9-5-4-8-19(22)2/h4-10,13,16,18,20,24H,3,11-12,14-15,17H2,1-2H3,(H,28,31). The molecule has 6 heteroatoms. The van der Waals surface area contributed by atoms with Crippen molar-refractivity contribution in [1.29, 1.82) is 0 Å². The summed E-state index contributed by atoms with van der Waals surface area (Å²) >= 11 is 0. The molecular weight excluding hydrogens is 386 g/mol. The van der Waals surface area contributed by atoms with Crippen LogP contribution in [0.3, 0.4) is 0 Å². The molecule has 1 saturated heterocycles. The van der Waals surface area contributed by atoms with Gasteiger partial charge >= 0.3 is 0 Å². The second kappa shape index (κ2) is 9.88. The van der Waals surface area contributed by atoms with Gasteiger partial charge in [0.1, 0.15) is 0 Å².